The smallest absolute Gasteiger partial charge is 0.333 e. The van der Waals surface area contributed by atoms with Crippen molar-refractivity contribution in [3.05, 3.63) is 68.9 Å². The molecule has 5 rings (SSSR count). The highest BCUT2D eigenvalue weighted by Crippen LogP contribution is 2.24. The maximum absolute atomic E-state index is 14.1. The third-order valence-corrected chi connectivity index (χ3v) is 7.05. The summed E-state index contributed by atoms with van der Waals surface area (Å²) in [6.07, 6.45) is 1.78. The van der Waals surface area contributed by atoms with E-state index in [1.165, 1.54) is 9.13 Å². The maximum atomic E-state index is 14.1. The van der Waals surface area contributed by atoms with Crippen LogP contribution in [0.1, 0.15) is 32.3 Å². The lowest BCUT2D eigenvalue weighted by Gasteiger charge is -2.31. The molecule has 10 nitrogen and oxygen atoms in total. The van der Waals surface area contributed by atoms with Crippen molar-refractivity contribution >= 4 is 33.9 Å². The fraction of sp³-hybridized carbons (Fsp3) is 0.379. The highest BCUT2D eigenvalue weighted by molar-refractivity contribution is 5.85. The number of rotatable bonds is 7. The fourth-order valence-electron chi connectivity index (χ4n) is 5.24. The second kappa shape index (κ2) is 11.2. The number of carbonyl (C=O) groups excluding carboxylic acids is 1. The summed E-state index contributed by atoms with van der Waals surface area (Å²) in [5.74, 6) is 5.85. The zero-order valence-electron chi connectivity index (χ0n) is 22.2. The number of hydrogen-bond donors (Lipinski definition) is 1. The molecular formula is C29H32N6O4. The zero-order chi connectivity index (χ0) is 27.5. The molecule has 0 aliphatic carbocycles. The first-order chi connectivity index (χ1) is 18.9. The molecule has 1 aliphatic rings. The topological polar surface area (TPSA) is 117 Å². The second-order valence-corrected chi connectivity index (χ2v) is 9.65. The number of ether oxygens (including phenoxy) is 1. The molecule has 202 valence electrons. The molecule has 1 atom stereocenters. The van der Waals surface area contributed by atoms with E-state index in [-0.39, 0.29) is 43.4 Å². The van der Waals surface area contributed by atoms with Crippen molar-refractivity contribution in [2.45, 2.75) is 52.4 Å². The van der Waals surface area contributed by atoms with Crippen LogP contribution < -0.4 is 21.9 Å². The molecule has 1 aliphatic heterocycles. The Morgan fingerprint density at radius 3 is 2.69 bits per heavy atom. The normalized spacial score (nSPS) is 15.4. The summed E-state index contributed by atoms with van der Waals surface area (Å²) in [5.41, 5.74) is 6.32. The van der Waals surface area contributed by atoms with Crippen LogP contribution in [0.15, 0.2) is 52.1 Å². The molecule has 2 N–H and O–H groups in total. The van der Waals surface area contributed by atoms with Crippen LogP contribution in [0.4, 0.5) is 5.95 Å². The van der Waals surface area contributed by atoms with E-state index in [1.54, 1.807) is 18.4 Å². The van der Waals surface area contributed by atoms with Crippen molar-refractivity contribution in [3.63, 3.8) is 0 Å². The van der Waals surface area contributed by atoms with Gasteiger partial charge in [0.05, 0.1) is 19.7 Å². The van der Waals surface area contributed by atoms with Crippen molar-refractivity contribution in [2.24, 2.45) is 5.73 Å². The fourth-order valence-corrected chi connectivity index (χ4v) is 5.24. The molecule has 0 spiro atoms. The first kappa shape index (κ1) is 26.3. The Labute approximate surface area is 225 Å². The Hall–Kier alpha value is -4.36. The van der Waals surface area contributed by atoms with E-state index in [1.807, 2.05) is 47.4 Å². The number of anilines is 1. The molecule has 3 heterocycles. The second-order valence-electron chi connectivity index (χ2n) is 9.65. The van der Waals surface area contributed by atoms with Crippen LogP contribution in [0.5, 0.6) is 0 Å². The maximum Gasteiger partial charge on any atom is 0.333 e. The number of carbonyl (C=O) groups is 1. The first-order valence-electron chi connectivity index (χ1n) is 13.2. The third kappa shape index (κ3) is 5.05. The van der Waals surface area contributed by atoms with Crippen LogP contribution in [-0.4, -0.2) is 50.4 Å². The Morgan fingerprint density at radius 1 is 1.13 bits per heavy atom. The summed E-state index contributed by atoms with van der Waals surface area (Å²) in [7, 11) is 0. The zero-order valence-corrected chi connectivity index (χ0v) is 22.2. The summed E-state index contributed by atoms with van der Waals surface area (Å²) < 4.78 is 9.31. The number of esters is 1. The van der Waals surface area contributed by atoms with Crippen molar-refractivity contribution in [1.82, 2.24) is 18.7 Å². The Balaban J connectivity index is 1.77. The van der Waals surface area contributed by atoms with Crippen molar-refractivity contribution in [2.75, 3.05) is 24.6 Å². The van der Waals surface area contributed by atoms with Gasteiger partial charge in [0, 0.05) is 19.1 Å². The lowest BCUT2D eigenvalue weighted by Crippen LogP contribution is -2.44. The largest absolute Gasteiger partial charge is 0.465 e. The summed E-state index contributed by atoms with van der Waals surface area (Å²) in [5, 5.41) is 1.94. The van der Waals surface area contributed by atoms with Gasteiger partial charge < -0.3 is 15.4 Å². The van der Waals surface area contributed by atoms with Crippen LogP contribution in [0, 0.1) is 11.8 Å². The monoisotopic (exact) mass is 528 g/mol. The number of hydrogen-bond acceptors (Lipinski definition) is 7. The molecule has 10 heteroatoms. The summed E-state index contributed by atoms with van der Waals surface area (Å²) >= 11 is 0. The van der Waals surface area contributed by atoms with Gasteiger partial charge in [-0.3, -0.25) is 23.3 Å². The molecule has 1 fully saturated rings. The molecule has 1 unspecified atom stereocenters. The quantitative estimate of drug-likeness (QED) is 0.288. The van der Waals surface area contributed by atoms with E-state index < -0.39 is 17.2 Å². The van der Waals surface area contributed by atoms with Crippen molar-refractivity contribution < 1.29 is 9.53 Å². The summed E-state index contributed by atoms with van der Waals surface area (Å²) in [4.78, 5) is 47.3. The average Bonchev–Trinajstić information content (AvgIpc) is 3.32. The number of fused-ring (bicyclic) bond motifs is 2. The van der Waals surface area contributed by atoms with Crippen LogP contribution in [-0.2, 0) is 29.2 Å². The molecule has 0 radical (unpaired) electrons. The van der Waals surface area contributed by atoms with Gasteiger partial charge in [-0.2, -0.15) is 4.98 Å². The average molecular weight is 529 g/mol. The molecule has 0 amide bonds. The van der Waals surface area contributed by atoms with E-state index in [2.05, 4.69) is 11.8 Å². The molecule has 2 aromatic heterocycles. The predicted octanol–water partition coefficient (Wildman–Crippen LogP) is 2.08. The molecule has 1 saturated heterocycles. The van der Waals surface area contributed by atoms with Gasteiger partial charge in [0.1, 0.15) is 6.54 Å². The lowest BCUT2D eigenvalue weighted by molar-refractivity contribution is -0.143. The molecule has 2 aromatic carbocycles. The highest BCUT2D eigenvalue weighted by atomic mass is 16.5. The van der Waals surface area contributed by atoms with Crippen molar-refractivity contribution in [3.8, 4) is 11.8 Å². The minimum Gasteiger partial charge on any atom is -0.465 e. The number of nitrogens with two attached hydrogens (primary N) is 1. The molecule has 4 aromatic rings. The van der Waals surface area contributed by atoms with Crippen LogP contribution in [0.2, 0.25) is 0 Å². The SMILES string of the molecule is CC#CCn1c(N2CCCC(N)C2)nc2c1c(=O)n(Cc1cccc3ccccc13)c(=O)n2CC(=O)OCC. The Kier molecular flexibility index (Phi) is 7.52. The summed E-state index contributed by atoms with van der Waals surface area (Å²) in [6.45, 7) is 4.75. The molecule has 0 saturated carbocycles. The van der Waals surface area contributed by atoms with Gasteiger partial charge in [0.2, 0.25) is 5.95 Å². The summed E-state index contributed by atoms with van der Waals surface area (Å²) in [6, 6.07) is 13.6. The van der Waals surface area contributed by atoms with Gasteiger partial charge in [-0.05, 0) is 43.0 Å². The number of benzene rings is 2. The highest BCUT2D eigenvalue weighted by Gasteiger charge is 2.27. The molecule has 39 heavy (non-hydrogen) atoms. The van der Waals surface area contributed by atoms with Crippen molar-refractivity contribution in [1.29, 1.82) is 0 Å². The number of imidazole rings is 1. The van der Waals surface area contributed by atoms with Gasteiger partial charge in [0.25, 0.3) is 5.56 Å². The van der Waals surface area contributed by atoms with Gasteiger partial charge in [-0.15, -0.1) is 5.92 Å². The Morgan fingerprint density at radius 2 is 1.92 bits per heavy atom. The standard InChI is InChI=1S/C29H32N6O4/c1-3-5-16-33-25-26(31-28(33)32-15-9-13-22(30)18-32)34(19-24(36)39-4-2)29(38)35(27(25)37)17-21-12-8-11-20-10-6-7-14-23(20)21/h6-8,10-12,14,22H,4,9,13,15-19,30H2,1-2H3. The Bertz CT molecular complexity index is 1720. The number of nitrogens with zero attached hydrogens (tertiary/aromatic N) is 5. The number of aromatic nitrogens is 4. The van der Waals surface area contributed by atoms with Gasteiger partial charge in [-0.1, -0.05) is 48.4 Å². The van der Waals surface area contributed by atoms with E-state index in [0.717, 1.165) is 29.2 Å². The minimum atomic E-state index is -0.624. The first-order valence-corrected chi connectivity index (χ1v) is 13.2. The van der Waals surface area contributed by atoms with Crippen LogP contribution in [0.3, 0.4) is 0 Å². The number of piperidine rings is 1. The lowest BCUT2D eigenvalue weighted by atomic mass is 10.0. The van der Waals surface area contributed by atoms with Gasteiger partial charge >= 0.3 is 11.7 Å². The van der Waals surface area contributed by atoms with E-state index in [4.69, 9.17) is 15.5 Å². The predicted molar refractivity (Wildman–Crippen MR) is 151 cm³/mol. The van der Waals surface area contributed by atoms with E-state index >= 15 is 0 Å². The molecular weight excluding hydrogens is 496 g/mol. The minimum absolute atomic E-state index is 0.0333. The van der Waals surface area contributed by atoms with Crippen LogP contribution in [0.25, 0.3) is 21.9 Å². The van der Waals surface area contributed by atoms with E-state index in [0.29, 0.717) is 19.0 Å². The van der Waals surface area contributed by atoms with Gasteiger partial charge in [0.15, 0.2) is 11.2 Å². The molecule has 0 bridgehead atoms. The van der Waals surface area contributed by atoms with E-state index in [9.17, 15) is 14.4 Å². The van der Waals surface area contributed by atoms with Gasteiger partial charge in [-0.25, -0.2) is 4.79 Å². The van der Waals surface area contributed by atoms with Crippen LogP contribution >= 0.6 is 0 Å². The third-order valence-electron chi connectivity index (χ3n) is 7.05.